The zero-order valence-corrected chi connectivity index (χ0v) is 9.60. The van der Waals surface area contributed by atoms with Crippen molar-refractivity contribution < 1.29 is 14.3 Å². The van der Waals surface area contributed by atoms with Gasteiger partial charge in [-0.05, 0) is 18.6 Å². The van der Waals surface area contributed by atoms with Crippen molar-refractivity contribution in [1.29, 1.82) is 0 Å². The maximum Gasteiger partial charge on any atom is 0.257 e. The van der Waals surface area contributed by atoms with Gasteiger partial charge in [0, 0.05) is 0 Å². The average Bonchev–Trinajstić information content (AvgIpc) is 2.34. The van der Waals surface area contributed by atoms with Crippen LogP contribution in [0.1, 0.15) is 5.56 Å². The molecule has 17 heavy (non-hydrogen) atoms. The van der Waals surface area contributed by atoms with Gasteiger partial charge in [-0.2, -0.15) is 0 Å². The summed E-state index contributed by atoms with van der Waals surface area (Å²) in [5.74, 6) is 0.253. The maximum atomic E-state index is 11.8. The molecule has 2 rings (SSSR count). The first-order chi connectivity index (χ1) is 8.16. The van der Waals surface area contributed by atoms with Gasteiger partial charge in [-0.3, -0.25) is 4.79 Å². The molecule has 0 spiro atoms. The molecule has 1 saturated heterocycles. The quantitative estimate of drug-likeness (QED) is 0.774. The molecule has 3 N–H and O–H groups in total. The Hall–Kier alpha value is -1.66. The van der Waals surface area contributed by atoms with Crippen LogP contribution in [0.5, 0.6) is 0 Å². The minimum Gasteiger partial charge on any atom is -0.397 e. The number of rotatable bonds is 2. The van der Waals surface area contributed by atoms with Crippen LogP contribution in [0.15, 0.2) is 12.3 Å². The Morgan fingerprint density at radius 2 is 2.41 bits per heavy atom. The maximum absolute atomic E-state index is 11.8. The number of amides is 1. The standard InChI is InChI=1S/C11H15N3O3/c1-7-4-8(12)5-13-10(7)14-11(15)9-6-16-2-3-17-9/h4-5,9H,2-3,6,12H2,1H3,(H,13,14,15). The van der Waals surface area contributed by atoms with Gasteiger partial charge < -0.3 is 20.5 Å². The number of nitrogen functional groups attached to an aromatic ring is 1. The van der Waals surface area contributed by atoms with E-state index in [1.54, 1.807) is 6.07 Å². The molecule has 1 aromatic rings. The third-order valence-corrected chi connectivity index (χ3v) is 2.45. The van der Waals surface area contributed by atoms with Gasteiger partial charge in [0.25, 0.3) is 5.91 Å². The SMILES string of the molecule is Cc1cc(N)cnc1NC(=O)C1COCCO1. The van der Waals surface area contributed by atoms with Gasteiger partial charge >= 0.3 is 0 Å². The minimum atomic E-state index is -0.567. The highest BCUT2D eigenvalue weighted by Crippen LogP contribution is 2.14. The number of aryl methyl sites for hydroxylation is 1. The number of nitrogens with zero attached hydrogens (tertiary/aromatic N) is 1. The van der Waals surface area contributed by atoms with Crippen molar-refractivity contribution >= 4 is 17.4 Å². The molecule has 1 fully saturated rings. The monoisotopic (exact) mass is 237 g/mol. The van der Waals surface area contributed by atoms with Crippen molar-refractivity contribution in [3.05, 3.63) is 17.8 Å². The van der Waals surface area contributed by atoms with E-state index < -0.39 is 6.10 Å². The number of hydrogen-bond acceptors (Lipinski definition) is 5. The second-order valence-corrected chi connectivity index (χ2v) is 3.86. The molecule has 0 radical (unpaired) electrons. The third-order valence-electron chi connectivity index (χ3n) is 2.45. The van der Waals surface area contributed by atoms with E-state index in [1.165, 1.54) is 6.20 Å². The van der Waals surface area contributed by atoms with E-state index in [-0.39, 0.29) is 12.5 Å². The molecule has 6 nitrogen and oxygen atoms in total. The first kappa shape index (κ1) is 11.8. The minimum absolute atomic E-state index is 0.245. The van der Waals surface area contributed by atoms with E-state index in [0.29, 0.717) is 24.7 Å². The van der Waals surface area contributed by atoms with Gasteiger partial charge in [0.2, 0.25) is 0 Å². The van der Waals surface area contributed by atoms with Gasteiger partial charge in [-0.1, -0.05) is 0 Å². The molecular weight excluding hydrogens is 222 g/mol. The molecule has 0 aromatic carbocycles. The number of carbonyl (C=O) groups excluding carboxylic acids is 1. The highest BCUT2D eigenvalue weighted by Gasteiger charge is 2.23. The van der Waals surface area contributed by atoms with Crippen molar-refractivity contribution in [1.82, 2.24) is 4.98 Å². The Bertz CT molecular complexity index is 416. The summed E-state index contributed by atoms with van der Waals surface area (Å²) in [6, 6.07) is 1.75. The van der Waals surface area contributed by atoms with Crippen LogP contribution in [0.4, 0.5) is 11.5 Å². The normalized spacial score (nSPS) is 19.9. The summed E-state index contributed by atoms with van der Waals surface area (Å²) >= 11 is 0. The van der Waals surface area contributed by atoms with E-state index in [2.05, 4.69) is 10.3 Å². The molecule has 6 heteroatoms. The largest absolute Gasteiger partial charge is 0.397 e. The highest BCUT2D eigenvalue weighted by molar-refractivity contribution is 5.94. The van der Waals surface area contributed by atoms with E-state index in [9.17, 15) is 4.79 Å². The van der Waals surface area contributed by atoms with E-state index in [4.69, 9.17) is 15.2 Å². The summed E-state index contributed by atoms with van der Waals surface area (Å²) in [5.41, 5.74) is 6.96. The van der Waals surface area contributed by atoms with E-state index in [0.717, 1.165) is 5.56 Å². The van der Waals surface area contributed by atoms with Gasteiger partial charge in [0.1, 0.15) is 5.82 Å². The average molecular weight is 237 g/mol. The lowest BCUT2D eigenvalue weighted by Gasteiger charge is -2.22. The molecule has 92 valence electrons. The van der Waals surface area contributed by atoms with Crippen LogP contribution in [0.2, 0.25) is 0 Å². The zero-order valence-electron chi connectivity index (χ0n) is 9.60. The topological polar surface area (TPSA) is 86.5 Å². The predicted octanol–water partition coefficient (Wildman–Crippen LogP) is 0.326. The summed E-state index contributed by atoms with van der Waals surface area (Å²) in [4.78, 5) is 15.9. The predicted molar refractivity (Wildman–Crippen MR) is 62.6 cm³/mol. The fraction of sp³-hybridized carbons (Fsp3) is 0.455. The second-order valence-electron chi connectivity index (χ2n) is 3.86. The molecule has 0 saturated carbocycles. The molecule has 1 atom stereocenters. The molecule has 0 aliphatic carbocycles. The van der Waals surface area contributed by atoms with Gasteiger partial charge in [0.05, 0.1) is 31.7 Å². The third kappa shape index (κ3) is 2.92. The van der Waals surface area contributed by atoms with Crippen LogP contribution in [0.3, 0.4) is 0 Å². The lowest BCUT2D eigenvalue weighted by molar-refractivity contribution is -0.142. The summed E-state index contributed by atoms with van der Waals surface area (Å²) < 4.78 is 10.5. The number of pyridine rings is 1. The zero-order chi connectivity index (χ0) is 12.3. The van der Waals surface area contributed by atoms with Gasteiger partial charge in [-0.15, -0.1) is 0 Å². The number of hydrogen-bond donors (Lipinski definition) is 2. The van der Waals surface area contributed by atoms with Crippen LogP contribution in [-0.2, 0) is 14.3 Å². The highest BCUT2D eigenvalue weighted by atomic mass is 16.6. The Morgan fingerprint density at radius 1 is 1.59 bits per heavy atom. The first-order valence-corrected chi connectivity index (χ1v) is 5.39. The van der Waals surface area contributed by atoms with Gasteiger partial charge in [-0.25, -0.2) is 4.98 Å². The summed E-state index contributed by atoms with van der Waals surface area (Å²) in [6.45, 7) is 3.08. The Morgan fingerprint density at radius 3 is 3.06 bits per heavy atom. The fourth-order valence-electron chi connectivity index (χ4n) is 1.56. The number of ether oxygens (including phenoxy) is 2. The number of aromatic nitrogens is 1. The van der Waals surface area contributed by atoms with Crippen molar-refractivity contribution in [3.8, 4) is 0 Å². The molecular formula is C11H15N3O3. The second kappa shape index (κ2) is 5.11. The molecule has 1 aliphatic rings. The molecule has 0 bridgehead atoms. The van der Waals surface area contributed by atoms with Crippen LogP contribution in [0, 0.1) is 6.92 Å². The molecule has 2 heterocycles. The number of carbonyl (C=O) groups is 1. The summed E-state index contributed by atoms with van der Waals surface area (Å²) in [6.07, 6.45) is 0.934. The van der Waals surface area contributed by atoms with Crippen LogP contribution in [-0.4, -0.2) is 36.8 Å². The van der Waals surface area contributed by atoms with Crippen molar-refractivity contribution in [2.75, 3.05) is 30.9 Å². The lowest BCUT2D eigenvalue weighted by Crippen LogP contribution is -2.39. The summed E-state index contributed by atoms with van der Waals surface area (Å²) in [7, 11) is 0. The Kier molecular flexibility index (Phi) is 3.55. The molecule has 1 amide bonds. The lowest BCUT2D eigenvalue weighted by atomic mass is 10.2. The van der Waals surface area contributed by atoms with Crippen molar-refractivity contribution in [2.24, 2.45) is 0 Å². The van der Waals surface area contributed by atoms with Crippen molar-refractivity contribution in [2.45, 2.75) is 13.0 Å². The number of anilines is 2. The smallest absolute Gasteiger partial charge is 0.257 e. The van der Waals surface area contributed by atoms with Crippen molar-refractivity contribution in [3.63, 3.8) is 0 Å². The Labute approximate surface area is 99.1 Å². The molecule has 1 unspecified atom stereocenters. The van der Waals surface area contributed by atoms with Crippen LogP contribution < -0.4 is 11.1 Å². The van der Waals surface area contributed by atoms with E-state index >= 15 is 0 Å². The summed E-state index contributed by atoms with van der Waals surface area (Å²) in [5, 5.41) is 2.70. The van der Waals surface area contributed by atoms with Crippen LogP contribution in [0.25, 0.3) is 0 Å². The first-order valence-electron chi connectivity index (χ1n) is 5.39. The van der Waals surface area contributed by atoms with E-state index in [1.807, 2.05) is 6.92 Å². The number of nitrogens with one attached hydrogen (secondary N) is 1. The molecule has 1 aliphatic heterocycles. The van der Waals surface area contributed by atoms with Crippen LogP contribution >= 0.6 is 0 Å². The molecule has 1 aromatic heterocycles. The number of nitrogens with two attached hydrogens (primary N) is 1. The van der Waals surface area contributed by atoms with Gasteiger partial charge in [0.15, 0.2) is 6.10 Å². The Balaban J connectivity index is 2.02. The fourth-order valence-corrected chi connectivity index (χ4v) is 1.56.